The van der Waals surface area contributed by atoms with Crippen LogP contribution in [0.15, 0.2) is 0 Å². The maximum absolute atomic E-state index is 12.4. The first kappa shape index (κ1) is 26.5. The molecule has 0 N–H and O–H groups in total. The molecule has 5 rings (SSSR count). The van der Waals surface area contributed by atoms with Crippen molar-refractivity contribution in [3.8, 4) is 0 Å². The number of morpholine rings is 1. The number of aromatic nitrogens is 2. The van der Waals surface area contributed by atoms with Crippen molar-refractivity contribution < 1.29 is 14.3 Å². The molecule has 0 radical (unpaired) electrons. The number of likely N-dealkylation sites (tertiary alicyclic amines) is 1. The van der Waals surface area contributed by atoms with E-state index in [4.69, 9.17) is 14.6 Å². The van der Waals surface area contributed by atoms with Crippen LogP contribution in [0.25, 0.3) is 0 Å². The molecule has 9 heteroatoms. The Labute approximate surface area is 230 Å². The molecular weight excluding hydrogens is 569 g/mol. The average molecular weight is 614 g/mol. The molecule has 3 saturated heterocycles. The van der Waals surface area contributed by atoms with Crippen molar-refractivity contribution >= 4 is 34.5 Å². The number of anilines is 1. The predicted molar refractivity (Wildman–Crippen MR) is 150 cm³/mol. The van der Waals surface area contributed by atoms with Gasteiger partial charge in [0, 0.05) is 50.2 Å². The second-order valence-corrected chi connectivity index (χ2v) is 14.4. The Hall–Kier alpha value is -1.07. The summed E-state index contributed by atoms with van der Waals surface area (Å²) in [7, 11) is 0. The molecule has 1 atom stereocenters. The Morgan fingerprint density at radius 1 is 1.14 bits per heavy atom. The zero-order chi connectivity index (χ0) is 25.9. The number of halogens is 1. The summed E-state index contributed by atoms with van der Waals surface area (Å²) in [6.45, 7) is 20.5. The Balaban J connectivity index is 1.19. The van der Waals surface area contributed by atoms with E-state index in [1.807, 2.05) is 25.7 Å². The van der Waals surface area contributed by atoms with E-state index < -0.39 is 5.60 Å². The monoisotopic (exact) mass is 613 g/mol. The van der Waals surface area contributed by atoms with Gasteiger partial charge in [-0.25, -0.2) is 4.79 Å². The molecule has 1 aliphatic carbocycles. The molecule has 202 valence electrons. The van der Waals surface area contributed by atoms with Crippen LogP contribution >= 0.6 is 22.6 Å². The van der Waals surface area contributed by atoms with Crippen LogP contribution in [0.2, 0.25) is 0 Å². The van der Waals surface area contributed by atoms with Crippen LogP contribution in [0.1, 0.15) is 72.0 Å². The molecule has 4 aliphatic rings. The Morgan fingerprint density at radius 2 is 1.81 bits per heavy atom. The Kier molecular flexibility index (Phi) is 7.07. The highest BCUT2D eigenvalue weighted by molar-refractivity contribution is 14.1. The number of carbonyl (C=O) groups is 1. The molecule has 8 nitrogen and oxygen atoms in total. The number of rotatable bonds is 4. The van der Waals surface area contributed by atoms with Gasteiger partial charge in [-0.3, -0.25) is 9.58 Å². The van der Waals surface area contributed by atoms with Gasteiger partial charge in [-0.15, -0.1) is 0 Å². The summed E-state index contributed by atoms with van der Waals surface area (Å²) in [4.78, 5) is 19.4. The number of amides is 1. The summed E-state index contributed by atoms with van der Waals surface area (Å²) in [6, 6.07) is 0.426. The summed E-state index contributed by atoms with van der Waals surface area (Å²) in [5.74, 6) is 1.89. The summed E-state index contributed by atoms with van der Waals surface area (Å²) in [5, 5.41) is 5.22. The molecule has 0 bridgehead atoms. The number of ether oxygens (including phenoxy) is 2. The molecule has 1 aromatic rings. The molecule has 3 aliphatic heterocycles. The van der Waals surface area contributed by atoms with Crippen LogP contribution in [0.5, 0.6) is 0 Å². The number of hydrogen-bond donors (Lipinski definition) is 0. The minimum Gasteiger partial charge on any atom is -0.444 e. The van der Waals surface area contributed by atoms with Gasteiger partial charge >= 0.3 is 6.09 Å². The van der Waals surface area contributed by atoms with Gasteiger partial charge in [-0.1, -0.05) is 0 Å². The van der Waals surface area contributed by atoms with E-state index in [1.54, 1.807) is 0 Å². The lowest BCUT2D eigenvalue weighted by Gasteiger charge is -2.58. The van der Waals surface area contributed by atoms with Crippen molar-refractivity contribution in [2.24, 2.45) is 11.3 Å². The zero-order valence-corrected chi connectivity index (χ0v) is 25.1. The highest BCUT2D eigenvalue weighted by Crippen LogP contribution is 2.55. The van der Waals surface area contributed by atoms with Gasteiger partial charge in [0.25, 0.3) is 0 Å². The number of hydrogen-bond acceptors (Lipinski definition) is 6. The molecule has 36 heavy (non-hydrogen) atoms. The van der Waals surface area contributed by atoms with Crippen LogP contribution in [0.3, 0.4) is 0 Å². The van der Waals surface area contributed by atoms with Crippen LogP contribution < -0.4 is 4.90 Å². The Morgan fingerprint density at radius 3 is 2.42 bits per heavy atom. The van der Waals surface area contributed by atoms with Crippen LogP contribution in [-0.4, -0.2) is 89.3 Å². The van der Waals surface area contributed by atoms with Crippen molar-refractivity contribution in [1.82, 2.24) is 19.6 Å². The summed E-state index contributed by atoms with van der Waals surface area (Å²) >= 11 is 2.51. The van der Waals surface area contributed by atoms with Gasteiger partial charge < -0.3 is 19.3 Å². The summed E-state index contributed by atoms with van der Waals surface area (Å²) < 4.78 is 14.7. The fraction of sp³-hybridized carbons (Fsp3) is 0.852. The van der Waals surface area contributed by atoms with E-state index in [1.165, 1.54) is 28.7 Å². The molecule has 1 aromatic heterocycles. The second-order valence-electron chi connectivity index (χ2n) is 13.3. The van der Waals surface area contributed by atoms with E-state index in [2.05, 4.69) is 57.8 Å². The molecule has 4 heterocycles. The van der Waals surface area contributed by atoms with E-state index in [0.717, 1.165) is 70.5 Å². The van der Waals surface area contributed by atoms with Gasteiger partial charge in [-0.2, -0.15) is 5.10 Å². The van der Waals surface area contributed by atoms with E-state index in [9.17, 15) is 4.79 Å². The highest BCUT2D eigenvalue weighted by atomic mass is 127. The molecular formula is C27H44IN5O3. The van der Waals surface area contributed by atoms with Crippen molar-refractivity contribution in [2.45, 2.75) is 84.4 Å². The SMILES string of the molecule is Cc1c(I)c(N2CC[C@@H](CN3CCOCC3)CC2(C)C)nn1C1CC2(C1)CN(C(=O)OC(C)(C)C)C2. The fourth-order valence-corrected chi connectivity index (χ4v) is 7.48. The largest absolute Gasteiger partial charge is 0.444 e. The molecule has 1 amide bonds. The normalized spacial score (nSPS) is 26.6. The smallest absolute Gasteiger partial charge is 0.410 e. The highest BCUT2D eigenvalue weighted by Gasteiger charge is 2.55. The first-order valence-corrected chi connectivity index (χ1v) is 14.7. The third-order valence-corrected chi connectivity index (χ3v) is 9.87. The van der Waals surface area contributed by atoms with Crippen LogP contribution in [0, 0.1) is 21.8 Å². The maximum Gasteiger partial charge on any atom is 0.410 e. The third-order valence-electron chi connectivity index (χ3n) is 8.60. The van der Waals surface area contributed by atoms with E-state index in [-0.39, 0.29) is 17.0 Å². The molecule has 1 saturated carbocycles. The van der Waals surface area contributed by atoms with Crippen molar-refractivity contribution in [1.29, 1.82) is 0 Å². The Bertz CT molecular complexity index is 967. The number of piperidine rings is 1. The van der Waals surface area contributed by atoms with Crippen LogP contribution in [0.4, 0.5) is 10.6 Å². The minimum atomic E-state index is -0.438. The van der Waals surface area contributed by atoms with Gasteiger partial charge in [0.2, 0.25) is 0 Å². The maximum atomic E-state index is 12.4. The van der Waals surface area contributed by atoms with Crippen molar-refractivity contribution in [3.05, 3.63) is 9.26 Å². The predicted octanol–water partition coefficient (Wildman–Crippen LogP) is 4.70. The lowest BCUT2D eigenvalue weighted by atomic mass is 9.61. The van der Waals surface area contributed by atoms with Crippen LogP contribution in [-0.2, 0) is 9.47 Å². The number of carbonyl (C=O) groups excluding carboxylic acids is 1. The summed E-state index contributed by atoms with van der Waals surface area (Å²) in [5.41, 5.74) is 1.18. The first-order chi connectivity index (χ1) is 16.9. The average Bonchev–Trinajstić information content (AvgIpc) is 2.99. The van der Waals surface area contributed by atoms with Crippen molar-refractivity contribution in [2.75, 3.05) is 57.4 Å². The quantitative estimate of drug-likeness (QED) is 0.460. The standard InChI is InChI=1S/C27H44IN5O3/c1-19-22(28)23(32-8-7-20(13-26(32,5)6)16-30-9-11-35-12-10-30)29-33(19)21-14-27(15-21)17-31(18-27)24(34)36-25(2,3)4/h20-21H,7-18H2,1-6H3/t20-/m1/s1. The second kappa shape index (κ2) is 9.59. The van der Waals surface area contributed by atoms with Gasteiger partial charge in [0.15, 0.2) is 5.82 Å². The van der Waals surface area contributed by atoms with Gasteiger partial charge in [0.05, 0.1) is 28.5 Å². The van der Waals surface area contributed by atoms with E-state index in [0.29, 0.717) is 6.04 Å². The third kappa shape index (κ3) is 5.25. The topological polar surface area (TPSA) is 63.1 Å². The van der Waals surface area contributed by atoms with Crippen molar-refractivity contribution in [3.63, 3.8) is 0 Å². The van der Waals surface area contributed by atoms with Gasteiger partial charge in [-0.05, 0) is 95.7 Å². The summed E-state index contributed by atoms with van der Waals surface area (Å²) in [6.07, 6.45) is 4.42. The molecule has 0 aromatic carbocycles. The molecule has 0 unspecified atom stereocenters. The van der Waals surface area contributed by atoms with Gasteiger partial charge in [0.1, 0.15) is 5.60 Å². The molecule has 1 spiro atoms. The first-order valence-electron chi connectivity index (χ1n) is 13.7. The number of nitrogens with zero attached hydrogens (tertiary/aromatic N) is 5. The van der Waals surface area contributed by atoms with E-state index >= 15 is 0 Å². The lowest BCUT2D eigenvalue weighted by molar-refractivity contribution is -0.0931. The zero-order valence-electron chi connectivity index (χ0n) is 23.0. The lowest BCUT2D eigenvalue weighted by Crippen LogP contribution is -2.64. The molecule has 4 fully saturated rings. The fourth-order valence-electron chi connectivity index (χ4n) is 6.83. The minimum absolute atomic E-state index is 0.0868.